The maximum absolute atomic E-state index is 12.5. The van der Waals surface area contributed by atoms with Crippen LogP contribution in [0.5, 0.6) is 0 Å². The number of fused-ring (bicyclic) bond motifs is 1. The number of rotatable bonds is 2. The van der Waals surface area contributed by atoms with E-state index in [4.69, 9.17) is 4.74 Å². The van der Waals surface area contributed by atoms with Crippen LogP contribution in [0, 0.1) is 20.8 Å². The maximum Gasteiger partial charge on any atom is 0.435 e. The summed E-state index contributed by atoms with van der Waals surface area (Å²) >= 11 is 0. The molecule has 118 valence electrons. The Morgan fingerprint density at radius 2 is 1.95 bits per heavy atom. The molecule has 1 aromatic heterocycles. The third kappa shape index (κ3) is 2.91. The number of benzene rings is 1. The summed E-state index contributed by atoms with van der Waals surface area (Å²) in [6.07, 6.45) is 1.97. The number of hydrogen-bond donors (Lipinski definition) is 0. The monoisotopic (exact) mass is 300 g/mol. The number of nitrogens with zero attached hydrogens (tertiary/aromatic N) is 2. The minimum Gasteiger partial charge on any atom is -0.442 e. The molecule has 4 nitrogen and oxygen atoms in total. The van der Waals surface area contributed by atoms with Gasteiger partial charge in [0.2, 0.25) is 0 Å². The first-order chi connectivity index (χ1) is 10.2. The first kappa shape index (κ1) is 16.3. The van der Waals surface area contributed by atoms with E-state index >= 15 is 0 Å². The second-order valence-corrected chi connectivity index (χ2v) is 6.67. The van der Waals surface area contributed by atoms with Crippen LogP contribution in [0.25, 0.3) is 10.9 Å². The van der Waals surface area contributed by atoms with Gasteiger partial charge < -0.3 is 4.74 Å². The molecule has 0 aliphatic carbocycles. The highest BCUT2D eigenvalue weighted by Gasteiger charge is 2.23. The summed E-state index contributed by atoms with van der Waals surface area (Å²) in [5.74, 6) is 0. The van der Waals surface area contributed by atoms with E-state index in [1.807, 2.05) is 33.8 Å². The maximum atomic E-state index is 12.5. The number of carbonyl (C=O) groups excluding carboxylic acids is 1. The fourth-order valence-electron chi connectivity index (χ4n) is 2.54. The summed E-state index contributed by atoms with van der Waals surface area (Å²) in [6.45, 7) is 15.5. The Balaban J connectivity index is 2.70. The fourth-order valence-corrected chi connectivity index (χ4v) is 2.54. The van der Waals surface area contributed by atoms with Crippen LogP contribution in [0.3, 0.4) is 0 Å². The van der Waals surface area contributed by atoms with Gasteiger partial charge in [-0.3, -0.25) is 0 Å². The lowest BCUT2D eigenvalue weighted by atomic mass is 9.98. The van der Waals surface area contributed by atoms with Crippen LogP contribution < -0.4 is 0 Å². The molecule has 1 heterocycles. The van der Waals surface area contributed by atoms with Crippen LogP contribution in [0.15, 0.2) is 18.7 Å². The summed E-state index contributed by atoms with van der Waals surface area (Å²) in [4.78, 5) is 12.5. The molecule has 2 rings (SSSR count). The van der Waals surface area contributed by atoms with E-state index in [-0.39, 0.29) is 0 Å². The highest BCUT2D eigenvalue weighted by atomic mass is 16.6. The molecular weight excluding hydrogens is 276 g/mol. The van der Waals surface area contributed by atoms with Gasteiger partial charge in [0.25, 0.3) is 0 Å². The number of aryl methyl sites for hydroxylation is 2. The summed E-state index contributed by atoms with van der Waals surface area (Å²) in [7, 11) is 0. The van der Waals surface area contributed by atoms with Gasteiger partial charge in [-0.25, -0.2) is 4.79 Å². The molecule has 0 N–H and O–H groups in total. The standard InChI is InChI=1S/C18H24N2O2/c1-8-9-14-16-13(4)12(3)11(2)10-15(16)20(19-14)17(21)22-18(5,6)7/h8,10H,1,9H2,2-7H3. The molecule has 0 atom stereocenters. The molecule has 0 saturated carbocycles. The van der Waals surface area contributed by atoms with Gasteiger partial charge in [-0.2, -0.15) is 9.78 Å². The van der Waals surface area contributed by atoms with Crippen molar-refractivity contribution in [3.63, 3.8) is 0 Å². The Morgan fingerprint density at radius 3 is 2.50 bits per heavy atom. The highest BCUT2D eigenvalue weighted by Crippen LogP contribution is 2.28. The van der Waals surface area contributed by atoms with Gasteiger partial charge in [-0.1, -0.05) is 6.08 Å². The normalized spacial score (nSPS) is 11.7. The van der Waals surface area contributed by atoms with Crippen molar-refractivity contribution < 1.29 is 9.53 Å². The van der Waals surface area contributed by atoms with Crippen molar-refractivity contribution in [3.05, 3.63) is 41.1 Å². The molecule has 1 aromatic carbocycles. The quantitative estimate of drug-likeness (QED) is 0.768. The molecule has 0 amide bonds. The third-order valence-electron chi connectivity index (χ3n) is 3.78. The first-order valence-electron chi connectivity index (χ1n) is 7.48. The molecule has 2 aromatic rings. The average Bonchev–Trinajstić information content (AvgIpc) is 2.73. The van der Waals surface area contributed by atoms with Crippen molar-refractivity contribution in [2.24, 2.45) is 0 Å². The lowest BCUT2D eigenvalue weighted by Crippen LogP contribution is -2.27. The molecule has 4 heteroatoms. The van der Waals surface area contributed by atoms with Crippen LogP contribution in [-0.4, -0.2) is 21.5 Å². The Bertz CT molecular complexity index is 749. The van der Waals surface area contributed by atoms with Crippen molar-refractivity contribution in [2.45, 2.75) is 53.6 Å². The molecule has 0 unspecified atom stereocenters. The van der Waals surface area contributed by atoms with Gasteiger partial charge in [0.1, 0.15) is 5.60 Å². The number of carbonyl (C=O) groups is 1. The molecule has 0 bridgehead atoms. The van der Waals surface area contributed by atoms with E-state index in [9.17, 15) is 4.79 Å². The zero-order valence-corrected chi connectivity index (χ0v) is 14.3. The van der Waals surface area contributed by atoms with Crippen molar-refractivity contribution in [3.8, 4) is 0 Å². The zero-order valence-electron chi connectivity index (χ0n) is 14.3. The van der Waals surface area contributed by atoms with Crippen LogP contribution in [0.2, 0.25) is 0 Å². The van der Waals surface area contributed by atoms with Gasteiger partial charge in [-0.05, 0) is 64.3 Å². The second-order valence-electron chi connectivity index (χ2n) is 6.67. The zero-order chi connectivity index (χ0) is 16.7. The smallest absolute Gasteiger partial charge is 0.435 e. The Hall–Kier alpha value is -2.10. The average molecular weight is 300 g/mol. The minimum atomic E-state index is -0.553. The van der Waals surface area contributed by atoms with E-state index in [2.05, 4.69) is 25.5 Å². The number of hydrogen-bond acceptors (Lipinski definition) is 3. The summed E-state index contributed by atoms with van der Waals surface area (Å²) in [5.41, 5.74) is 4.62. The SMILES string of the molecule is C=CCc1nn(C(=O)OC(C)(C)C)c2cc(C)c(C)c(C)c12. The molecular formula is C18H24N2O2. The van der Waals surface area contributed by atoms with Gasteiger partial charge >= 0.3 is 6.09 Å². The van der Waals surface area contributed by atoms with E-state index < -0.39 is 11.7 Å². The predicted molar refractivity (Wildman–Crippen MR) is 89.5 cm³/mol. The number of allylic oxidation sites excluding steroid dienone is 1. The van der Waals surface area contributed by atoms with Crippen LogP contribution in [0.1, 0.15) is 43.2 Å². The fraction of sp³-hybridized carbons (Fsp3) is 0.444. The summed E-state index contributed by atoms with van der Waals surface area (Å²) < 4.78 is 6.84. The van der Waals surface area contributed by atoms with E-state index in [0.29, 0.717) is 6.42 Å². The largest absolute Gasteiger partial charge is 0.442 e. The van der Waals surface area contributed by atoms with Gasteiger partial charge in [0, 0.05) is 11.8 Å². The van der Waals surface area contributed by atoms with Crippen LogP contribution >= 0.6 is 0 Å². The molecule has 0 radical (unpaired) electrons. The number of aromatic nitrogens is 2. The Kier molecular flexibility index (Phi) is 4.14. The van der Waals surface area contributed by atoms with Gasteiger partial charge in [0.05, 0.1) is 11.2 Å². The first-order valence-corrected chi connectivity index (χ1v) is 7.48. The Labute approximate surface area is 131 Å². The van der Waals surface area contributed by atoms with Gasteiger partial charge in [-0.15, -0.1) is 6.58 Å². The molecule has 0 fully saturated rings. The van der Waals surface area contributed by atoms with Gasteiger partial charge in [0.15, 0.2) is 0 Å². The van der Waals surface area contributed by atoms with Crippen molar-refractivity contribution in [1.29, 1.82) is 0 Å². The van der Waals surface area contributed by atoms with E-state index in [0.717, 1.165) is 27.7 Å². The molecule has 22 heavy (non-hydrogen) atoms. The predicted octanol–water partition coefficient (Wildman–Crippen LogP) is 4.47. The summed E-state index contributed by atoms with van der Waals surface area (Å²) in [5, 5.41) is 5.50. The highest BCUT2D eigenvalue weighted by molar-refractivity contribution is 5.93. The van der Waals surface area contributed by atoms with E-state index in [1.165, 1.54) is 10.2 Å². The van der Waals surface area contributed by atoms with Crippen molar-refractivity contribution in [2.75, 3.05) is 0 Å². The second kappa shape index (κ2) is 5.59. The third-order valence-corrected chi connectivity index (χ3v) is 3.78. The lowest BCUT2D eigenvalue weighted by Gasteiger charge is -2.19. The molecule has 0 spiro atoms. The topological polar surface area (TPSA) is 44.1 Å². The van der Waals surface area contributed by atoms with Crippen molar-refractivity contribution >= 4 is 17.0 Å². The van der Waals surface area contributed by atoms with E-state index in [1.54, 1.807) is 6.08 Å². The summed E-state index contributed by atoms with van der Waals surface area (Å²) in [6, 6.07) is 2.00. The Morgan fingerprint density at radius 1 is 1.32 bits per heavy atom. The van der Waals surface area contributed by atoms with Crippen LogP contribution in [-0.2, 0) is 11.2 Å². The minimum absolute atomic E-state index is 0.449. The molecule has 0 saturated heterocycles. The van der Waals surface area contributed by atoms with Crippen molar-refractivity contribution in [1.82, 2.24) is 9.78 Å². The van der Waals surface area contributed by atoms with Crippen LogP contribution in [0.4, 0.5) is 4.79 Å². The number of ether oxygens (including phenoxy) is 1. The lowest BCUT2D eigenvalue weighted by molar-refractivity contribution is 0.0522. The molecule has 0 aliphatic heterocycles. The molecule has 0 aliphatic rings.